The molecule has 0 aliphatic rings. The lowest BCUT2D eigenvalue weighted by molar-refractivity contribution is -0.116. The van der Waals surface area contributed by atoms with Gasteiger partial charge in [-0.1, -0.05) is 10.3 Å². The Balaban J connectivity index is 1.95. The lowest BCUT2D eigenvalue weighted by Gasteiger charge is -2.08. The number of nitrogens with zero attached hydrogens (tertiary/aromatic N) is 4. The number of carbonyl (C=O) groups is 2. The van der Waals surface area contributed by atoms with E-state index in [0.717, 1.165) is 4.57 Å². The van der Waals surface area contributed by atoms with Gasteiger partial charge in [-0.3, -0.25) is 14.2 Å². The number of esters is 1. The Hall–Kier alpha value is -3.50. The van der Waals surface area contributed by atoms with Gasteiger partial charge in [0.2, 0.25) is 11.6 Å². The molecule has 3 aromatic rings. The minimum Gasteiger partial charge on any atom is -0.461 e. The van der Waals surface area contributed by atoms with E-state index < -0.39 is 17.4 Å². The Morgan fingerprint density at radius 1 is 1.27 bits per heavy atom. The number of rotatable bonds is 5. The molecule has 0 atom stereocenters. The third-order valence-corrected chi connectivity index (χ3v) is 3.45. The van der Waals surface area contributed by atoms with E-state index in [-0.39, 0.29) is 41.6 Å². The molecule has 0 bridgehead atoms. The minimum absolute atomic E-state index is 0.0978. The number of hydrogen-bond acceptors (Lipinski definition) is 9. The SMILES string of the molecule is CCOC(=O)c1noc2nc(C)n(CC(=O)Nc3cc(C)on3)c(=O)c12. The highest BCUT2D eigenvalue weighted by atomic mass is 16.5. The maximum atomic E-state index is 12.7. The summed E-state index contributed by atoms with van der Waals surface area (Å²) in [4.78, 5) is 40.9. The van der Waals surface area contributed by atoms with Crippen molar-refractivity contribution in [3.8, 4) is 0 Å². The van der Waals surface area contributed by atoms with Crippen LogP contribution in [0.1, 0.15) is 29.0 Å². The van der Waals surface area contributed by atoms with Gasteiger partial charge in [0.05, 0.1) is 6.61 Å². The van der Waals surface area contributed by atoms with Crippen molar-refractivity contribution in [2.24, 2.45) is 0 Å². The molecule has 11 nitrogen and oxygen atoms in total. The summed E-state index contributed by atoms with van der Waals surface area (Å²) >= 11 is 0. The monoisotopic (exact) mass is 361 g/mol. The van der Waals surface area contributed by atoms with Gasteiger partial charge in [-0.15, -0.1) is 0 Å². The molecule has 0 fully saturated rings. The van der Waals surface area contributed by atoms with Gasteiger partial charge in [0.1, 0.15) is 23.5 Å². The Morgan fingerprint density at radius 2 is 2.04 bits per heavy atom. The van der Waals surface area contributed by atoms with Crippen LogP contribution in [0.5, 0.6) is 0 Å². The molecule has 136 valence electrons. The predicted molar refractivity (Wildman–Crippen MR) is 86.6 cm³/mol. The molecule has 0 aliphatic carbocycles. The first-order valence-corrected chi connectivity index (χ1v) is 7.67. The number of nitrogens with one attached hydrogen (secondary N) is 1. The van der Waals surface area contributed by atoms with Crippen LogP contribution < -0.4 is 10.9 Å². The smallest absolute Gasteiger partial charge is 0.361 e. The second kappa shape index (κ2) is 6.78. The van der Waals surface area contributed by atoms with Crippen LogP contribution in [-0.4, -0.2) is 38.3 Å². The third-order valence-electron chi connectivity index (χ3n) is 3.45. The average molecular weight is 361 g/mol. The van der Waals surface area contributed by atoms with Crippen molar-refractivity contribution in [1.29, 1.82) is 0 Å². The zero-order valence-electron chi connectivity index (χ0n) is 14.2. The van der Waals surface area contributed by atoms with Crippen LogP contribution in [0.3, 0.4) is 0 Å². The summed E-state index contributed by atoms with van der Waals surface area (Å²) in [5.41, 5.74) is -1.01. The summed E-state index contributed by atoms with van der Waals surface area (Å²) < 4.78 is 15.7. The van der Waals surface area contributed by atoms with E-state index in [1.165, 1.54) is 13.0 Å². The van der Waals surface area contributed by atoms with Crippen LogP contribution in [0.4, 0.5) is 5.82 Å². The summed E-state index contributed by atoms with van der Waals surface area (Å²) in [5.74, 6) is -0.341. The second-order valence-corrected chi connectivity index (χ2v) is 5.35. The summed E-state index contributed by atoms with van der Waals surface area (Å²) in [6.45, 7) is 4.60. The molecule has 1 amide bonds. The summed E-state index contributed by atoms with van der Waals surface area (Å²) in [7, 11) is 0. The molecule has 0 aromatic carbocycles. The topological polar surface area (TPSA) is 142 Å². The zero-order valence-corrected chi connectivity index (χ0v) is 14.2. The fourth-order valence-corrected chi connectivity index (χ4v) is 2.32. The quantitative estimate of drug-likeness (QED) is 0.653. The van der Waals surface area contributed by atoms with E-state index >= 15 is 0 Å². The molecule has 3 rings (SSSR count). The largest absolute Gasteiger partial charge is 0.461 e. The van der Waals surface area contributed by atoms with Crippen molar-refractivity contribution in [3.63, 3.8) is 0 Å². The maximum absolute atomic E-state index is 12.7. The van der Waals surface area contributed by atoms with E-state index in [0.29, 0.717) is 5.76 Å². The molecule has 0 saturated carbocycles. The lowest BCUT2D eigenvalue weighted by atomic mass is 10.3. The van der Waals surface area contributed by atoms with Crippen molar-refractivity contribution in [1.82, 2.24) is 19.9 Å². The Morgan fingerprint density at radius 3 is 2.69 bits per heavy atom. The molecule has 0 radical (unpaired) electrons. The molecule has 11 heteroatoms. The van der Waals surface area contributed by atoms with Crippen LogP contribution >= 0.6 is 0 Å². The highest BCUT2D eigenvalue weighted by molar-refractivity contribution is 6.00. The van der Waals surface area contributed by atoms with Gasteiger partial charge >= 0.3 is 5.97 Å². The molecule has 3 heterocycles. The van der Waals surface area contributed by atoms with Crippen LogP contribution in [-0.2, 0) is 16.1 Å². The van der Waals surface area contributed by atoms with Gasteiger partial charge in [0.15, 0.2) is 5.82 Å². The molecule has 0 unspecified atom stereocenters. The van der Waals surface area contributed by atoms with Crippen molar-refractivity contribution < 1.29 is 23.4 Å². The Bertz CT molecular complexity index is 1050. The minimum atomic E-state index is -0.803. The van der Waals surface area contributed by atoms with Crippen LogP contribution in [0.25, 0.3) is 11.1 Å². The van der Waals surface area contributed by atoms with Crippen molar-refractivity contribution in [3.05, 3.63) is 33.7 Å². The molecule has 3 aromatic heterocycles. The maximum Gasteiger partial charge on any atom is 0.361 e. The molecular weight excluding hydrogens is 346 g/mol. The Labute approximate surface area is 145 Å². The van der Waals surface area contributed by atoms with Gasteiger partial charge in [-0.2, -0.15) is 4.98 Å². The standard InChI is InChI=1S/C15H15N5O6/c1-4-24-15(23)12-11-13(26-19-12)16-8(3)20(14(11)22)6-10(21)17-9-5-7(2)25-18-9/h5H,4,6H2,1-3H3,(H,17,18,21). The van der Waals surface area contributed by atoms with E-state index in [2.05, 4.69) is 20.6 Å². The highest BCUT2D eigenvalue weighted by Crippen LogP contribution is 2.14. The predicted octanol–water partition coefficient (Wildman–Crippen LogP) is 0.805. The molecule has 1 N–H and O–H groups in total. The van der Waals surface area contributed by atoms with Gasteiger partial charge in [-0.05, 0) is 20.8 Å². The number of amides is 1. The van der Waals surface area contributed by atoms with Crippen molar-refractivity contribution in [2.75, 3.05) is 11.9 Å². The lowest BCUT2D eigenvalue weighted by Crippen LogP contribution is -2.30. The van der Waals surface area contributed by atoms with Crippen LogP contribution in [0.2, 0.25) is 0 Å². The molecular formula is C15H15N5O6. The van der Waals surface area contributed by atoms with Gasteiger partial charge in [0, 0.05) is 6.07 Å². The molecule has 26 heavy (non-hydrogen) atoms. The number of aromatic nitrogens is 4. The first-order chi connectivity index (χ1) is 12.4. The fourth-order valence-electron chi connectivity index (χ4n) is 2.32. The number of fused-ring (bicyclic) bond motifs is 1. The summed E-state index contributed by atoms with van der Waals surface area (Å²) in [6, 6.07) is 1.54. The van der Waals surface area contributed by atoms with E-state index in [1.807, 2.05) is 0 Å². The highest BCUT2D eigenvalue weighted by Gasteiger charge is 2.24. The number of ether oxygens (including phenoxy) is 1. The van der Waals surface area contributed by atoms with Gasteiger partial charge < -0.3 is 19.1 Å². The summed E-state index contributed by atoms with van der Waals surface area (Å²) in [5, 5.41) is 9.57. The number of anilines is 1. The van der Waals surface area contributed by atoms with Crippen LogP contribution in [0, 0.1) is 13.8 Å². The van der Waals surface area contributed by atoms with E-state index in [1.54, 1.807) is 13.8 Å². The number of carbonyl (C=O) groups excluding carboxylic acids is 2. The third kappa shape index (κ3) is 3.18. The number of aryl methyl sites for hydroxylation is 2. The fraction of sp³-hybridized carbons (Fsp3) is 0.333. The molecule has 0 spiro atoms. The number of hydrogen-bond donors (Lipinski definition) is 1. The molecule has 0 aliphatic heterocycles. The van der Waals surface area contributed by atoms with E-state index in [9.17, 15) is 14.4 Å². The van der Waals surface area contributed by atoms with Crippen LogP contribution in [0.15, 0.2) is 19.9 Å². The summed E-state index contributed by atoms with van der Waals surface area (Å²) in [6.07, 6.45) is 0. The van der Waals surface area contributed by atoms with Crippen molar-refractivity contribution in [2.45, 2.75) is 27.3 Å². The molecule has 0 saturated heterocycles. The van der Waals surface area contributed by atoms with E-state index in [4.69, 9.17) is 13.8 Å². The van der Waals surface area contributed by atoms with Gasteiger partial charge in [-0.25, -0.2) is 4.79 Å². The van der Waals surface area contributed by atoms with Gasteiger partial charge in [0.25, 0.3) is 11.3 Å². The first-order valence-electron chi connectivity index (χ1n) is 7.67. The Kier molecular flexibility index (Phi) is 4.52. The normalized spacial score (nSPS) is 10.9. The second-order valence-electron chi connectivity index (χ2n) is 5.35. The zero-order chi connectivity index (χ0) is 18.8. The first kappa shape index (κ1) is 17.3. The van der Waals surface area contributed by atoms with Crippen molar-refractivity contribution >= 4 is 28.8 Å². The average Bonchev–Trinajstić information content (AvgIpc) is 3.18.